The number of hydrogen-bond acceptors (Lipinski definition) is 3. The molecular formula is C28H40O3S. The van der Waals surface area contributed by atoms with Crippen LogP contribution in [0.15, 0.2) is 35.2 Å². The number of Topliss-reactive ketones (excluding diaryl/α,β-unsaturated/α-hetero) is 1. The van der Waals surface area contributed by atoms with E-state index in [2.05, 4.69) is 20.8 Å². The number of rotatable bonds is 4. The zero-order chi connectivity index (χ0) is 22.7. The van der Waals surface area contributed by atoms with Crippen molar-refractivity contribution >= 4 is 17.0 Å². The summed E-state index contributed by atoms with van der Waals surface area (Å²) >= 11 is -1.26. The van der Waals surface area contributed by atoms with E-state index >= 15 is 0 Å². The van der Waals surface area contributed by atoms with Gasteiger partial charge in [-0.05, 0) is 104 Å². The maximum absolute atomic E-state index is 13.6. The molecule has 2 unspecified atom stereocenters. The molecule has 1 N–H and O–H groups in total. The van der Waals surface area contributed by atoms with Crippen LogP contribution in [0, 0.1) is 34.5 Å². The third-order valence-corrected chi connectivity index (χ3v) is 12.1. The number of ketones is 1. The summed E-state index contributed by atoms with van der Waals surface area (Å²) in [5.74, 6) is 2.43. The lowest BCUT2D eigenvalue weighted by molar-refractivity contribution is -0.155. The molecule has 1 aromatic rings. The summed E-state index contributed by atoms with van der Waals surface area (Å²) in [5, 5.41) is 10.8. The summed E-state index contributed by atoms with van der Waals surface area (Å²) in [6.45, 7) is 6.87. The number of hydrogen-bond donors (Lipinski definition) is 1. The lowest BCUT2D eigenvalue weighted by atomic mass is 9.44. The van der Waals surface area contributed by atoms with Crippen molar-refractivity contribution < 1.29 is 14.5 Å². The second-order valence-corrected chi connectivity index (χ2v) is 13.6. The Balaban J connectivity index is 1.38. The molecule has 4 heteroatoms. The van der Waals surface area contributed by atoms with E-state index in [9.17, 15) is 14.5 Å². The molecule has 3 nitrogen and oxygen atoms in total. The predicted molar refractivity (Wildman–Crippen MR) is 129 cm³/mol. The van der Waals surface area contributed by atoms with Gasteiger partial charge >= 0.3 is 0 Å². The molecule has 4 aliphatic rings. The van der Waals surface area contributed by atoms with Gasteiger partial charge in [0.15, 0.2) is 15.9 Å². The lowest BCUT2D eigenvalue weighted by Gasteiger charge is -2.61. The van der Waals surface area contributed by atoms with Crippen LogP contribution in [0.4, 0.5) is 0 Å². The highest BCUT2D eigenvalue weighted by Gasteiger charge is 2.65. The van der Waals surface area contributed by atoms with E-state index in [1.165, 1.54) is 12.8 Å². The van der Waals surface area contributed by atoms with E-state index in [1.807, 2.05) is 30.3 Å². The van der Waals surface area contributed by atoms with E-state index in [4.69, 9.17) is 0 Å². The highest BCUT2D eigenvalue weighted by Crippen LogP contribution is 2.66. The Kier molecular flexibility index (Phi) is 5.83. The first-order valence-electron chi connectivity index (χ1n) is 12.9. The van der Waals surface area contributed by atoms with Crippen LogP contribution in [0.3, 0.4) is 0 Å². The van der Waals surface area contributed by atoms with Crippen molar-refractivity contribution in [1.82, 2.24) is 0 Å². The second kappa shape index (κ2) is 8.13. The standard InChI is InChI=1S/C28H40O3S/c1-4-13-28(30)16-15-26(2)19(18-28)10-11-21-22(26)12-14-27(3)23(21)17-24(25(27)29)32(31)20-8-6-5-7-9-20/h5-9,19,21-24,30H,4,10-18H2,1-3H3/t19-,21+,22-,23-,24?,26-,27-,28+,32?/m0/s1. The van der Waals surface area contributed by atoms with Gasteiger partial charge < -0.3 is 9.66 Å². The molecule has 0 spiro atoms. The van der Waals surface area contributed by atoms with Gasteiger partial charge in [0.1, 0.15) is 0 Å². The number of carbonyl (C=O) groups excluding carboxylic acids is 1. The van der Waals surface area contributed by atoms with E-state index in [0.29, 0.717) is 23.7 Å². The topological polar surface area (TPSA) is 60.4 Å². The zero-order valence-electron chi connectivity index (χ0n) is 20.0. The summed E-state index contributed by atoms with van der Waals surface area (Å²) in [4.78, 5) is 14.4. The minimum Gasteiger partial charge on any atom is -0.611 e. The lowest BCUT2D eigenvalue weighted by Crippen LogP contribution is -2.56. The maximum Gasteiger partial charge on any atom is 0.191 e. The Morgan fingerprint density at radius 1 is 1.06 bits per heavy atom. The number of fused-ring (bicyclic) bond motifs is 5. The molecule has 176 valence electrons. The predicted octanol–water partition coefficient (Wildman–Crippen LogP) is 5.92. The number of carbonyl (C=O) groups is 1. The smallest absolute Gasteiger partial charge is 0.191 e. The summed E-state index contributed by atoms with van der Waals surface area (Å²) in [7, 11) is 0. The summed E-state index contributed by atoms with van der Waals surface area (Å²) < 4.78 is 13.4. The van der Waals surface area contributed by atoms with Crippen molar-refractivity contribution in [1.29, 1.82) is 0 Å². The van der Waals surface area contributed by atoms with Gasteiger partial charge in [-0.2, -0.15) is 0 Å². The fourth-order valence-electron chi connectivity index (χ4n) is 8.68. The van der Waals surface area contributed by atoms with Gasteiger partial charge in [0.25, 0.3) is 0 Å². The molecule has 32 heavy (non-hydrogen) atoms. The Morgan fingerprint density at radius 2 is 1.81 bits per heavy atom. The molecule has 0 radical (unpaired) electrons. The van der Waals surface area contributed by atoms with Crippen molar-refractivity contribution in [3.8, 4) is 0 Å². The van der Waals surface area contributed by atoms with Gasteiger partial charge in [-0.3, -0.25) is 4.79 Å². The van der Waals surface area contributed by atoms with Crippen molar-refractivity contribution in [2.75, 3.05) is 0 Å². The molecule has 4 saturated carbocycles. The molecule has 0 amide bonds. The van der Waals surface area contributed by atoms with Crippen LogP contribution in [-0.2, 0) is 16.0 Å². The molecule has 4 aliphatic carbocycles. The molecule has 0 aromatic heterocycles. The van der Waals surface area contributed by atoms with Gasteiger partial charge in [-0.25, -0.2) is 0 Å². The number of aliphatic hydroxyl groups is 1. The summed E-state index contributed by atoms with van der Waals surface area (Å²) in [5.41, 5.74) is -0.489. The van der Waals surface area contributed by atoms with Crippen molar-refractivity contribution in [2.24, 2.45) is 34.5 Å². The van der Waals surface area contributed by atoms with E-state index in [-0.39, 0.29) is 21.9 Å². The zero-order valence-corrected chi connectivity index (χ0v) is 20.8. The highest BCUT2D eigenvalue weighted by atomic mass is 32.2. The Labute approximate surface area is 196 Å². The first-order chi connectivity index (χ1) is 15.2. The second-order valence-electron chi connectivity index (χ2n) is 12.0. The minimum atomic E-state index is -1.26. The Bertz CT molecular complexity index is 857. The molecule has 4 fully saturated rings. The number of benzene rings is 1. The molecule has 5 rings (SSSR count). The normalized spacial score (nSPS) is 46.8. The van der Waals surface area contributed by atoms with E-state index in [1.54, 1.807) is 0 Å². The van der Waals surface area contributed by atoms with Crippen LogP contribution in [0.5, 0.6) is 0 Å². The third-order valence-electron chi connectivity index (χ3n) is 10.5. The average Bonchev–Trinajstić information content (AvgIpc) is 3.06. The maximum atomic E-state index is 13.6. The summed E-state index contributed by atoms with van der Waals surface area (Å²) in [6, 6.07) is 9.59. The molecule has 1 aromatic carbocycles. The average molecular weight is 457 g/mol. The van der Waals surface area contributed by atoms with Crippen LogP contribution >= 0.6 is 0 Å². The molecule has 0 heterocycles. The Hall–Kier alpha value is -0.840. The van der Waals surface area contributed by atoms with Crippen molar-refractivity contribution in [3.05, 3.63) is 30.3 Å². The van der Waals surface area contributed by atoms with Crippen LogP contribution in [0.1, 0.15) is 85.0 Å². The molecular weight excluding hydrogens is 416 g/mol. The monoisotopic (exact) mass is 456 g/mol. The SMILES string of the molecule is CCC[C@@]1(O)CC[C@@]2(C)[C@@H](CC[C@@H]3[C@@H]2CC[C@]2(C)C(=O)C([S+]([O-])c4ccccc4)C[C@@H]32)C1. The van der Waals surface area contributed by atoms with Crippen LogP contribution in [0.25, 0.3) is 0 Å². The van der Waals surface area contributed by atoms with Crippen LogP contribution in [-0.4, -0.2) is 26.3 Å². The largest absolute Gasteiger partial charge is 0.611 e. The van der Waals surface area contributed by atoms with E-state index in [0.717, 1.165) is 56.3 Å². The van der Waals surface area contributed by atoms with Gasteiger partial charge in [-0.15, -0.1) is 0 Å². The first kappa shape index (κ1) is 22.9. The molecule has 0 bridgehead atoms. The minimum absolute atomic E-state index is 0.261. The van der Waals surface area contributed by atoms with Gasteiger partial charge in [0, 0.05) is 11.8 Å². The molecule has 9 atom stereocenters. The van der Waals surface area contributed by atoms with Crippen molar-refractivity contribution in [2.45, 2.75) is 101 Å². The van der Waals surface area contributed by atoms with Crippen LogP contribution < -0.4 is 0 Å². The van der Waals surface area contributed by atoms with Crippen molar-refractivity contribution in [3.63, 3.8) is 0 Å². The van der Waals surface area contributed by atoms with Gasteiger partial charge in [0.2, 0.25) is 0 Å². The fourth-order valence-corrected chi connectivity index (χ4v) is 10.3. The van der Waals surface area contributed by atoms with Crippen LogP contribution in [0.2, 0.25) is 0 Å². The highest BCUT2D eigenvalue weighted by molar-refractivity contribution is 7.92. The quantitative estimate of drug-likeness (QED) is 0.573. The summed E-state index contributed by atoms with van der Waals surface area (Å²) in [6.07, 6.45) is 10.2. The molecule has 0 aliphatic heterocycles. The fraction of sp³-hybridized carbons (Fsp3) is 0.750. The first-order valence-corrected chi connectivity index (χ1v) is 14.2. The van der Waals surface area contributed by atoms with E-state index < -0.39 is 16.8 Å². The Morgan fingerprint density at radius 3 is 2.53 bits per heavy atom. The molecule has 0 saturated heterocycles. The van der Waals surface area contributed by atoms with Gasteiger partial charge in [0.05, 0.1) is 5.60 Å². The third kappa shape index (κ3) is 3.43. The van der Waals surface area contributed by atoms with Gasteiger partial charge in [-0.1, -0.05) is 45.4 Å².